The summed E-state index contributed by atoms with van der Waals surface area (Å²) >= 11 is 0. The second kappa shape index (κ2) is 3.30. The van der Waals surface area contributed by atoms with Crippen LogP contribution < -0.4 is 0 Å². The van der Waals surface area contributed by atoms with Crippen molar-refractivity contribution >= 4 is 11.6 Å². The molecule has 2 heteroatoms. The minimum atomic E-state index is -0.278. The molecule has 0 fully saturated rings. The number of hydrogen-bond donors (Lipinski definition) is 0. The maximum Gasteiger partial charge on any atom is 0.164 e. The van der Waals surface area contributed by atoms with Gasteiger partial charge in [-0.2, -0.15) is 0 Å². The molecule has 0 aromatic heterocycles. The molecule has 1 atom stereocenters. The fraction of sp³-hybridized carbons (Fsp3) is 0.385. The summed E-state index contributed by atoms with van der Waals surface area (Å²) in [5, 5.41) is 0. The van der Waals surface area contributed by atoms with Crippen molar-refractivity contribution in [1.82, 2.24) is 0 Å². The Morgan fingerprint density at radius 2 is 2.07 bits per heavy atom. The minimum absolute atomic E-state index is 0.141. The summed E-state index contributed by atoms with van der Waals surface area (Å²) in [6, 6.07) is 7.61. The van der Waals surface area contributed by atoms with Crippen LogP contribution in [-0.4, -0.2) is 11.6 Å². The molecule has 0 heterocycles. The van der Waals surface area contributed by atoms with Gasteiger partial charge in [0.15, 0.2) is 5.78 Å². The number of ketones is 2. The number of carbonyl (C=O) groups is 2. The third kappa shape index (κ3) is 1.60. The summed E-state index contributed by atoms with van der Waals surface area (Å²) in [5.41, 5.74) is 1.55. The molecule has 0 amide bonds. The Labute approximate surface area is 89.3 Å². The number of Topliss-reactive ketones (excluding diaryl/α,β-unsaturated/α-hetero) is 2. The molecule has 1 aromatic carbocycles. The monoisotopic (exact) mass is 202 g/mol. The molecule has 78 valence electrons. The van der Waals surface area contributed by atoms with E-state index in [9.17, 15) is 9.59 Å². The van der Waals surface area contributed by atoms with E-state index in [1.807, 2.05) is 31.2 Å². The van der Waals surface area contributed by atoms with Crippen LogP contribution in [0.3, 0.4) is 0 Å². The highest BCUT2D eigenvalue weighted by atomic mass is 16.1. The lowest BCUT2D eigenvalue weighted by Crippen LogP contribution is -2.22. The zero-order valence-corrected chi connectivity index (χ0v) is 9.04. The van der Waals surface area contributed by atoms with Gasteiger partial charge in [-0.15, -0.1) is 0 Å². The number of hydrogen-bond acceptors (Lipinski definition) is 2. The number of fused-ring (bicyclic) bond motifs is 1. The van der Waals surface area contributed by atoms with Crippen molar-refractivity contribution in [3.63, 3.8) is 0 Å². The van der Waals surface area contributed by atoms with Gasteiger partial charge in [0.25, 0.3) is 0 Å². The molecule has 0 radical (unpaired) electrons. The largest absolute Gasteiger partial charge is 0.300 e. The average Bonchev–Trinajstić information content (AvgIpc) is 2.39. The summed E-state index contributed by atoms with van der Waals surface area (Å²) in [4.78, 5) is 23.0. The molecule has 2 rings (SSSR count). The van der Waals surface area contributed by atoms with E-state index in [4.69, 9.17) is 0 Å². The van der Waals surface area contributed by atoms with E-state index in [1.54, 1.807) is 6.92 Å². The van der Waals surface area contributed by atoms with E-state index in [0.717, 1.165) is 11.1 Å². The van der Waals surface area contributed by atoms with Crippen LogP contribution in [0.25, 0.3) is 0 Å². The van der Waals surface area contributed by atoms with Crippen LogP contribution in [0.15, 0.2) is 24.3 Å². The normalized spacial score (nSPS) is 24.0. The van der Waals surface area contributed by atoms with E-state index in [2.05, 4.69) is 0 Å². The molecule has 15 heavy (non-hydrogen) atoms. The SMILES string of the molecule is CC(=O)CC1(C)CC(=O)c2ccccc21. The standard InChI is InChI=1S/C13H14O2/c1-9(14)7-13(2)8-12(15)10-5-3-4-6-11(10)13/h3-6H,7-8H2,1-2H3. The van der Waals surface area contributed by atoms with Gasteiger partial charge in [-0.25, -0.2) is 0 Å². The highest BCUT2D eigenvalue weighted by Crippen LogP contribution is 2.41. The lowest BCUT2D eigenvalue weighted by atomic mass is 9.80. The quantitative estimate of drug-likeness (QED) is 0.738. The van der Waals surface area contributed by atoms with Gasteiger partial charge in [0.2, 0.25) is 0 Å². The summed E-state index contributed by atoms with van der Waals surface area (Å²) in [6.07, 6.45) is 0.918. The van der Waals surface area contributed by atoms with E-state index in [1.165, 1.54) is 0 Å². The van der Waals surface area contributed by atoms with Gasteiger partial charge in [0.05, 0.1) is 0 Å². The lowest BCUT2D eigenvalue weighted by molar-refractivity contribution is -0.118. The van der Waals surface area contributed by atoms with Crippen LogP contribution in [0.5, 0.6) is 0 Å². The molecule has 1 unspecified atom stereocenters. The lowest BCUT2D eigenvalue weighted by Gasteiger charge is -2.22. The zero-order valence-electron chi connectivity index (χ0n) is 9.04. The highest BCUT2D eigenvalue weighted by Gasteiger charge is 2.39. The van der Waals surface area contributed by atoms with Crippen molar-refractivity contribution < 1.29 is 9.59 Å². The Morgan fingerprint density at radius 1 is 1.40 bits per heavy atom. The molecule has 2 nitrogen and oxygen atoms in total. The van der Waals surface area contributed by atoms with Crippen LogP contribution in [0, 0.1) is 0 Å². The molecule has 0 saturated carbocycles. The number of carbonyl (C=O) groups excluding carboxylic acids is 2. The fourth-order valence-electron chi connectivity index (χ4n) is 2.50. The maximum atomic E-state index is 11.8. The Hall–Kier alpha value is -1.44. The highest BCUT2D eigenvalue weighted by molar-refractivity contribution is 6.02. The predicted octanol–water partition coefficient (Wildman–Crippen LogP) is 2.51. The van der Waals surface area contributed by atoms with Crippen LogP contribution in [0.4, 0.5) is 0 Å². The van der Waals surface area contributed by atoms with Crippen LogP contribution >= 0.6 is 0 Å². The zero-order chi connectivity index (χ0) is 11.1. The number of rotatable bonds is 2. The van der Waals surface area contributed by atoms with Crippen molar-refractivity contribution in [2.45, 2.75) is 32.1 Å². The third-order valence-corrected chi connectivity index (χ3v) is 3.07. The van der Waals surface area contributed by atoms with Crippen LogP contribution in [0.1, 0.15) is 42.6 Å². The van der Waals surface area contributed by atoms with Gasteiger partial charge in [-0.05, 0) is 12.5 Å². The molecule has 0 N–H and O–H groups in total. The second-order valence-corrected chi connectivity index (χ2v) is 4.58. The Morgan fingerprint density at radius 3 is 2.73 bits per heavy atom. The molecular formula is C13H14O2. The summed E-state index contributed by atoms with van der Waals surface area (Å²) < 4.78 is 0. The first-order chi connectivity index (χ1) is 7.03. The molecule has 0 aliphatic heterocycles. The first-order valence-electron chi connectivity index (χ1n) is 5.15. The topological polar surface area (TPSA) is 34.1 Å². The maximum absolute atomic E-state index is 11.8. The molecule has 0 spiro atoms. The summed E-state index contributed by atoms with van der Waals surface area (Å²) in [5.74, 6) is 0.302. The molecule has 0 saturated heterocycles. The van der Waals surface area contributed by atoms with Crippen molar-refractivity contribution in [3.05, 3.63) is 35.4 Å². The predicted molar refractivity (Wildman–Crippen MR) is 58.0 cm³/mol. The first kappa shape index (κ1) is 10.1. The molecular weight excluding hydrogens is 188 g/mol. The van der Waals surface area contributed by atoms with Crippen molar-refractivity contribution in [3.8, 4) is 0 Å². The van der Waals surface area contributed by atoms with Gasteiger partial charge in [0.1, 0.15) is 5.78 Å². The Balaban J connectivity index is 2.47. The van der Waals surface area contributed by atoms with Crippen LogP contribution in [-0.2, 0) is 10.2 Å². The van der Waals surface area contributed by atoms with E-state index < -0.39 is 0 Å². The minimum Gasteiger partial charge on any atom is -0.300 e. The Kier molecular flexibility index (Phi) is 2.22. The number of benzene rings is 1. The van der Waals surface area contributed by atoms with Gasteiger partial charge < -0.3 is 0 Å². The molecule has 1 aliphatic rings. The van der Waals surface area contributed by atoms with E-state index in [0.29, 0.717) is 12.8 Å². The van der Waals surface area contributed by atoms with Gasteiger partial charge in [-0.3, -0.25) is 9.59 Å². The van der Waals surface area contributed by atoms with Crippen molar-refractivity contribution in [1.29, 1.82) is 0 Å². The molecule has 1 aromatic rings. The van der Waals surface area contributed by atoms with Crippen molar-refractivity contribution in [2.75, 3.05) is 0 Å². The van der Waals surface area contributed by atoms with Crippen LogP contribution in [0.2, 0.25) is 0 Å². The Bertz CT molecular complexity index is 430. The van der Waals surface area contributed by atoms with E-state index in [-0.39, 0.29) is 17.0 Å². The second-order valence-electron chi connectivity index (χ2n) is 4.58. The third-order valence-electron chi connectivity index (χ3n) is 3.07. The first-order valence-corrected chi connectivity index (χ1v) is 5.15. The fourth-order valence-corrected chi connectivity index (χ4v) is 2.50. The average molecular weight is 202 g/mol. The smallest absolute Gasteiger partial charge is 0.164 e. The van der Waals surface area contributed by atoms with Gasteiger partial charge in [0, 0.05) is 23.8 Å². The van der Waals surface area contributed by atoms with Gasteiger partial charge >= 0.3 is 0 Å². The summed E-state index contributed by atoms with van der Waals surface area (Å²) in [7, 11) is 0. The molecule has 1 aliphatic carbocycles. The van der Waals surface area contributed by atoms with E-state index >= 15 is 0 Å². The summed E-state index contributed by atoms with van der Waals surface area (Å²) in [6.45, 7) is 3.58. The van der Waals surface area contributed by atoms with Gasteiger partial charge in [-0.1, -0.05) is 31.2 Å². The van der Waals surface area contributed by atoms with Crippen molar-refractivity contribution in [2.24, 2.45) is 0 Å². The molecule has 0 bridgehead atoms.